The first-order chi connectivity index (χ1) is 7.74. The molecule has 0 N–H and O–H groups in total. The Kier molecular flexibility index (Phi) is 2.56. The lowest BCUT2D eigenvalue weighted by Gasteiger charge is -2.29. The third-order valence-corrected chi connectivity index (χ3v) is 4.06. The summed E-state index contributed by atoms with van der Waals surface area (Å²) < 4.78 is 0.938. The van der Waals surface area contributed by atoms with Crippen molar-refractivity contribution in [3.05, 3.63) is 28.8 Å². The van der Waals surface area contributed by atoms with E-state index in [-0.39, 0.29) is 0 Å². The van der Waals surface area contributed by atoms with Crippen LogP contribution in [0.2, 0.25) is 0 Å². The molecule has 3 nitrogen and oxygen atoms in total. The number of hydrogen-bond acceptors (Lipinski definition) is 3. The summed E-state index contributed by atoms with van der Waals surface area (Å²) in [5.74, 6) is 0.896. The van der Waals surface area contributed by atoms with Crippen LogP contribution in [0, 0.1) is 0 Å². The zero-order valence-electron chi connectivity index (χ0n) is 9.23. The second-order valence-corrected chi connectivity index (χ2v) is 5.50. The van der Waals surface area contributed by atoms with Gasteiger partial charge in [-0.05, 0) is 47.8 Å². The van der Waals surface area contributed by atoms with Gasteiger partial charge in [0.05, 0.1) is 4.47 Å². The number of likely N-dealkylation sites (N-methyl/N-ethyl adjacent to an activating group) is 1. The third kappa shape index (κ3) is 1.70. The van der Waals surface area contributed by atoms with Crippen LogP contribution < -0.4 is 0 Å². The van der Waals surface area contributed by atoms with Crippen LogP contribution in [0.5, 0.6) is 0 Å². The molecule has 0 spiro atoms. The fourth-order valence-electron chi connectivity index (χ4n) is 2.69. The van der Waals surface area contributed by atoms with Crippen molar-refractivity contribution < 1.29 is 0 Å². The standard InChI is InChI=1S/C12H14BrN3/c1-16-10-2-3-11(16)5-8(4-10)12-14-6-9(13)7-15-12/h4,6-7,10-11H,2-3,5H2,1H3. The molecule has 2 bridgehead atoms. The van der Waals surface area contributed by atoms with Gasteiger partial charge in [0.25, 0.3) is 0 Å². The second-order valence-electron chi connectivity index (χ2n) is 4.58. The first-order valence-electron chi connectivity index (χ1n) is 5.64. The lowest BCUT2D eigenvalue weighted by atomic mass is 10.0. The minimum Gasteiger partial charge on any atom is -0.297 e. The molecule has 3 rings (SSSR count). The molecule has 0 aliphatic carbocycles. The molecule has 1 saturated heterocycles. The molecular weight excluding hydrogens is 266 g/mol. The lowest BCUT2D eigenvalue weighted by Crippen LogP contribution is -2.34. The van der Waals surface area contributed by atoms with E-state index in [1.807, 2.05) is 12.4 Å². The predicted octanol–water partition coefficient (Wildman–Crippen LogP) is 2.49. The Labute approximate surface area is 104 Å². The summed E-state index contributed by atoms with van der Waals surface area (Å²) in [6, 6.07) is 1.29. The molecule has 1 fully saturated rings. The Morgan fingerprint density at radius 1 is 1.31 bits per heavy atom. The second kappa shape index (κ2) is 3.93. The van der Waals surface area contributed by atoms with Gasteiger partial charge in [0.2, 0.25) is 0 Å². The SMILES string of the molecule is CN1C2C=C(c3ncc(Br)cn3)CC1CC2. The summed E-state index contributed by atoms with van der Waals surface area (Å²) in [4.78, 5) is 11.2. The van der Waals surface area contributed by atoms with E-state index < -0.39 is 0 Å². The third-order valence-electron chi connectivity index (χ3n) is 3.65. The summed E-state index contributed by atoms with van der Waals surface area (Å²) in [5, 5.41) is 0. The van der Waals surface area contributed by atoms with Crippen molar-refractivity contribution in [3.8, 4) is 0 Å². The lowest BCUT2D eigenvalue weighted by molar-refractivity contribution is 0.264. The Morgan fingerprint density at radius 2 is 2.06 bits per heavy atom. The summed E-state index contributed by atoms with van der Waals surface area (Å²) >= 11 is 3.36. The monoisotopic (exact) mass is 279 g/mol. The molecule has 2 atom stereocenters. The summed E-state index contributed by atoms with van der Waals surface area (Å²) in [6.45, 7) is 0. The van der Waals surface area contributed by atoms with Gasteiger partial charge in [0.1, 0.15) is 0 Å². The Balaban J connectivity index is 1.92. The van der Waals surface area contributed by atoms with Crippen LogP contribution >= 0.6 is 15.9 Å². The molecular formula is C12H14BrN3. The van der Waals surface area contributed by atoms with E-state index in [0.29, 0.717) is 12.1 Å². The van der Waals surface area contributed by atoms with Gasteiger partial charge in [-0.15, -0.1) is 0 Å². The molecule has 84 valence electrons. The van der Waals surface area contributed by atoms with Gasteiger partial charge in [-0.2, -0.15) is 0 Å². The van der Waals surface area contributed by atoms with Gasteiger partial charge in [0, 0.05) is 24.5 Å². The van der Waals surface area contributed by atoms with E-state index in [1.165, 1.54) is 18.4 Å². The summed E-state index contributed by atoms with van der Waals surface area (Å²) in [6.07, 6.45) is 9.66. The van der Waals surface area contributed by atoms with E-state index >= 15 is 0 Å². The van der Waals surface area contributed by atoms with E-state index in [9.17, 15) is 0 Å². The number of nitrogens with zero attached hydrogens (tertiary/aromatic N) is 3. The number of fused-ring (bicyclic) bond motifs is 2. The van der Waals surface area contributed by atoms with Crippen LogP contribution in [0.25, 0.3) is 5.57 Å². The van der Waals surface area contributed by atoms with Crippen molar-refractivity contribution in [1.82, 2.24) is 14.9 Å². The van der Waals surface area contributed by atoms with Gasteiger partial charge >= 0.3 is 0 Å². The van der Waals surface area contributed by atoms with Gasteiger partial charge < -0.3 is 0 Å². The van der Waals surface area contributed by atoms with Crippen molar-refractivity contribution in [2.45, 2.75) is 31.3 Å². The fourth-order valence-corrected chi connectivity index (χ4v) is 2.89. The topological polar surface area (TPSA) is 29.0 Å². The largest absolute Gasteiger partial charge is 0.297 e. The normalized spacial score (nSPS) is 29.2. The maximum Gasteiger partial charge on any atom is 0.154 e. The van der Waals surface area contributed by atoms with Crippen molar-refractivity contribution >= 4 is 21.5 Å². The van der Waals surface area contributed by atoms with E-state index in [4.69, 9.17) is 0 Å². The zero-order chi connectivity index (χ0) is 11.1. The highest BCUT2D eigenvalue weighted by molar-refractivity contribution is 9.10. The molecule has 0 saturated carbocycles. The van der Waals surface area contributed by atoms with E-state index in [0.717, 1.165) is 16.7 Å². The maximum absolute atomic E-state index is 4.38. The van der Waals surface area contributed by atoms with Crippen LogP contribution in [0.1, 0.15) is 25.1 Å². The van der Waals surface area contributed by atoms with Crippen LogP contribution in [-0.4, -0.2) is 34.0 Å². The highest BCUT2D eigenvalue weighted by Crippen LogP contribution is 2.36. The fraction of sp³-hybridized carbons (Fsp3) is 0.500. The van der Waals surface area contributed by atoms with E-state index in [1.54, 1.807) is 0 Å². The average Bonchev–Trinajstić information content (AvgIpc) is 2.54. The zero-order valence-corrected chi connectivity index (χ0v) is 10.8. The van der Waals surface area contributed by atoms with Crippen molar-refractivity contribution in [2.75, 3.05) is 7.05 Å². The first kappa shape index (κ1) is 10.4. The van der Waals surface area contributed by atoms with Gasteiger partial charge in [-0.25, -0.2) is 9.97 Å². The highest BCUT2D eigenvalue weighted by atomic mass is 79.9. The van der Waals surface area contributed by atoms with Gasteiger partial charge in [-0.3, -0.25) is 4.90 Å². The minimum absolute atomic E-state index is 0.598. The van der Waals surface area contributed by atoms with Crippen LogP contribution in [0.15, 0.2) is 22.9 Å². The van der Waals surface area contributed by atoms with Crippen molar-refractivity contribution in [1.29, 1.82) is 0 Å². The molecule has 0 amide bonds. The maximum atomic E-state index is 4.38. The highest BCUT2D eigenvalue weighted by Gasteiger charge is 2.34. The van der Waals surface area contributed by atoms with Gasteiger partial charge in [-0.1, -0.05) is 6.08 Å². The Hall–Kier alpha value is -0.740. The molecule has 2 aliphatic heterocycles. The number of aromatic nitrogens is 2. The van der Waals surface area contributed by atoms with Crippen LogP contribution in [0.4, 0.5) is 0 Å². The van der Waals surface area contributed by atoms with Gasteiger partial charge in [0.15, 0.2) is 5.82 Å². The molecule has 16 heavy (non-hydrogen) atoms. The molecule has 4 heteroatoms. The average molecular weight is 280 g/mol. The van der Waals surface area contributed by atoms with E-state index in [2.05, 4.69) is 43.9 Å². The number of rotatable bonds is 1. The Morgan fingerprint density at radius 3 is 2.75 bits per heavy atom. The van der Waals surface area contributed by atoms with Crippen LogP contribution in [-0.2, 0) is 0 Å². The summed E-state index contributed by atoms with van der Waals surface area (Å²) in [7, 11) is 2.22. The molecule has 1 aromatic rings. The molecule has 2 aliphatic rings. The Bertz CT molecular complexity index is 426. The quantitative estimate of drug-likeness (QED) is 0.791. The molecule has 0 radical (unpaired) electrons. The molecule has 3 heterocycles. The minimum atomic E-state index is 0.598. The summed E-state index contributed by atoms with van der Waals surface area (Å²) in [5.41, 5.74) is 1.32. The molecule has 1 aromatic heterocycles. The predicted molar refractivity (Wildman–Crippen MR) is 66.9 cm³/mol. The van der Waals surface area contributed by atoms with Crippen molar-refractivity contribution in [3.63, 3.8) is 0 Å². The first-order valence-corrected chi connectivity index (χ1v) is 6.44. The number of hydrogen-bond donors (Lipinski definition) is 0. The van der Waals surface area contributed by atoms with Crippen molar-refractivity contribution in [2.24, 2.45) is 0 Å². The molecule has 2 unspecified atom stereocenters. The smallest absolute Gasteiger partial charge is 0.154 e. The number of halogens is 1. The van der Waals surface area contributed by atoms with Crippen LogP contribution in [0.3, 0.4) is 0 Å². The molecule has 0 aromatic carbocycles.